The maximum atomic E-state index is 12.8. The average Bonchev–Trinajstić information content (AvgIpc) is 3.11. The van der Waals surface area contributed by atoms with Gasteiger partial charge in [0, 0.05) is 60.2 Å². The van der Waals surface area contributed by atoms with Crippen molar-refractivity contribution in [3.63, 3.8) is 0 Å². The van der Waals surface area contributed by atoms with Crippen LogP contribution in [0.25, 0.3) is 0 Å². The molecule has 3 rings (SSSR count). The highest BCUT2D eigenvalue weighted by Gasteiger charge is 2.59. The molecule has 0 aromatic rings. The number of carbonyl (C=O) groups excluding carboxylic acids is 8. The largest absolute Gasteiger partial charge is 0.456 e. The number of allylic oxidation sites excluding steroid dienone is 1. The number of hydrogen-bond donors (Lipinski definition) is 1. The van der Waals surface area contributed by atoms with E-state index in [0.717, 1.165) is 54.5 Å². The van der Waals surface area contributed by atoms with E-state index in [1.54, 1.807) is 13.8 Å². The van der Waals surface area contributed by atoms with E-state index in [1.807, 2.05) is 0 Å². The molecule has 3 saturated heterocycles. The van der Waals surface area contributed by atoms with Gasteiger partial charge in [0.2, 0.25) is 12.4 Å². The molecular weight excluding hydrogens is 830 g/mol. The molecule has 0 spiro atoms. The highest BCUT2D eigenvalue weighted by molar-refractivity contribution is 5.82. The van der Waals surface area contributed by atoms with Crippen LogP contribution < -0.4 is 5.73 Å². The summed E-state index contributed by atoms with van der Waals surface area (Å²) in [7, 11) is 0. The summed E-state index contributed by atoms with van der Waals surface area (Å²) in [4.78, 5) is 99.4. The zero-order valence-corrected chi connectivity index (χ0v) is 37.0. The lowest BCUT2D eigenvalue weighted by Crippen LogP contribution is -2.68. The molecular formula is C40H59NO21. The Morgan fingerprint density at radius 3 is 1.34 bits per heavy atom. The number of rotatable bonds is 16. The van der Waals surface area contributed by atoms with Gasteiger partial charge in [-0.25, -0.2) is 4.79 Å². The first kappa shape index (κ1) is 51.5. The molecule has 350 valence electrons. The average molecular weight is 890 g/mol. The van der Waals surface area contributed by atoms with Gasteiger partial charge in [0.05, 0.1) is 31.0 Å². The van der Waals surface area contributed by atoms with Gasteiger partial charge in [-0.15, -0.1) is 0 Å². The van der Waals surface area contributed by atoms with E-state index >= 15 is 0 Å². The molecule has 0 saturated carbocycles. The van der Waals surface area contributed by atoms with Gasteiger partial charge >= 0.3 is 47.8 Å². The minimum absolute atomic E-state index is 0.110. The van der Waals surface area contributed by atoms with Crippen LogP contribution in [-0.4, -0.2) is 152 Å². The predicted octanol–water partition coefficient (Wildman–Crippen LogP) is 0.786. The second-order valence-electron chi connectivity index (χ2n) is 15.7. The van der Waals surface area contributed by atoms with Crippen molar-refractivity contribution in [1.82, 2.24) is 0 Å². The topological polar surface area (TPSA) is 283 Å². The van der Waals surface area contributed by atoms with Gasteiger partial charge in [0.15, 0.2) is 36.6 Å². The van der Waals surface area contributed by atoms with Gasteiger partial charge in [-0.1, -0.05) is 6.92 Å². The molecule has 3 fully saturated rings. The number of hydrogen-bond acceptors (Lipinski definition) is 22. The number of nitrogens with two attached hydrogens (primary N) is 1. The first-order valence-electron chi connectivity index (χ1n) is 19.8. The summed E-state index contributed by atoms with van der Waals surface area (Å²) in [6, 6.07) is 0. The molecule has 22 nitrogen and oxygen atoms in total. The normalized spacial score (nSPS) is 31.2. The van der Waals surface area contributed by atoms with Gasteiger partial charge in [-0.2, -0.15) is 0 Å². The minimum atomic E-state index is -1.57. The zero-order chi connectivity index (χ0) is 46.9. The summed E-state index contributed by atoms with van der Waals surface area (Å²) < 4.78 is 76.0. The van der Waals surface area contributed by atoms with E-state index in [0.29, 0.717) is 0 Å². The van der Waals surface area contributed by atoms with E-state index in [9.17, 15) is 38.4 Å². The molecule has 3 heterocycles. The lowest BCUT2D eigenvalue weighted by atomic mass is 9.84. The van der Waals surface area contributed by atoms with E-state index in [4.69, 9.17) is 67.3 Å². The Morgan fingerprint density at radius 1 is 0.500 bits per heavy atom. The summed E-state index contributed by atoms with van der Waals surface area (Å²) >= 11 is 0. The zero-order valence-electron chi connectivity index (χ0n) is 37.0. The molecule has 13 atom stereocenters. The van der Waals surface area contributed by atoms with E-state index in [1.165, 1.54) is 20.8 Å². The lowest BCUT2D eigenvalue weighted by Gasteiger charge is -2.51. The Labute approximate surface area is 358 Å². The third-order valence-corrected chi connectivity index (χ3v) is 9.81. The fourth-order valence-electron chi connectivity index (χ4n) is 7.48. The Balaban J connectivity index is 2.04. The minimum Gasteiger partial charge on any atom is -0.456 e. The van der Waals surface area contributed by atoms with Crippen LogP contribution in [0.1, 0.15) is 89.5 Å². The van der Waals surface area contributed by atoms with Crippen LogP contribution in [0.2, 0.25) is 0 Å². The summed E-state index contributed by atoms with van der Waals surface area (Å²) in [5.41, 5.74) is 2.67. The highest BCUT2D eigenvalue weighted by Crippen LogP contribution is 2.40. The molecule has 62 heavy (non-hydrogen) atoms. The summed E-state index contributed by atoms with van der Waals surface area (Å²) in [5, 5.41) is 0. The molecule has 0 aliphatic carbocycles. The van der Waals surface area contributed by atoms with Crippen molar-refractivity contribution in [2.24, 2.45) is 5.73 Å². The molecule has 0 aromatic carbocycles. The van der Waals surface area contributed by atoms with Gasteiger partial charge in [-0.05, 0) is 34.1 Å². The monoisotopic (exact) mass is 889 g/mol. The molecule has 2 N–H and O–H groups in total. The maximum absolute atomic E-state index is 12.8. The summed E-state index contributed by atoms with van der Waals surface area (Å²) in [6.07, 6.45) is -15.2. The third-order valence-electron chi connectivity index (χ3n) is 9.81. The van der Waals surface area contributed by atoms with Gasteiger partial charge < -0.3 is 67.3 Å². The Hall–Kier alpha value is -4.90. The summed E-state index contributed by atoms with van der Waals surface area (Å²) in [5.74, 6) is -6.48. The van der Waals surface area contributed by atoms with Crippen LogP contribution in [0.4, 0.5) is 0 Å². The Bertz CT molecular complexity index is 1690. The first-order valence-corrected chi connectivity index (χ1v) is 19.8. The molecule has 0 bridgehead atoms. The van der Waals surface area contributed by atoms with Crippen molar-refractivity contribution in [2.45, 2.75) is 174 Å². The van der Waals surface area contributed by atoms with Gasteiger partial charge in [-0.3, -0.25) is 33.6 Å². The number of esters is 8. The lowest BCUT2D eigenvalue weighted by molar-refractivity contribution is -0.317. The molecule has 0 radical (unpaired) electrons. The SMILES string of the molecule is CCC(C)(OC1COC(C(C)(C)OC2COC(OC(=O)C=C(C)N)C(OC(C)=O)C2OC(C)=O)C(OC(C)=O)C1OC(C)=O)C1OCC(OC(C)=O)C(OC(C)=O)C1OC(C)=O. The molecule has 3 aliphatic heterocycles. The van der Waals surface area contributed by atoms with Gasteiger partial charge in [0.1, 0.15) is 24.4 Å². The quantitative estimate of drug-likeness (QED) is 0.127. The van der Waals surface area contributed by atoms with Crippen molar-refractivity contribution in [3.05, 3.63) is 11.8 Å². The molecule has 22 heteroatoms. The standard InChI is InChI=1S/C40H59NO21/c1-13-40(12,37-34(58-24(8)47)30(54-20(4)43)26(15-51-37)53-19(3)42)62-28-16-50-36(33(57-23(7)46)31(28)55-21(5)44)39(10,11)61-27-17-52-38(60-29(49)14-18(2)41)35(59-25(9)48)32(27)56-22(6)45/h14,26-28,30-38H,13,15-17,41H2,1-12H3. The van der Waals surface area contributed by atoms with Crippen molar-refractivity contribution >= 4 is 47.8 Å². The second kappa shape index (κ2) is 21.9. The smallest absolute Gasteiger partial charge is 0.334 e. The number of carbonyl (C=O) groups is 8. The molecule has 0 amide bonds. The van der Waals surface area contributed by atoms with E-state index < -0.39 is 139 Å². The van der Waals surface area contributed by atoms with Crippen molar-refractivity contribution in [3.8, 4) is 0 Å². The highest BCUT2D eigenvalue weighted by atomic mass is 16.7. The maximum Gasteiger partial charge on any atom is 0.334 e. The van der Waals surface area contributed by atoms with E-state index in [2.05, 4.69) is 0 Å². The molecule has 13 unspecified atom stereocenters. The van der Waals surface area contributed by atoms with Crippen LogP contribution in [0, 0.1) is 0 Å². The van der Waals surface area contributed by atoms with Crippen LogP contribution in [0.5, 0.6) is 0 Å². The fraction of sp³-hybridized carbons (Fsp3) is 0.750. The molecule has 0 aromatic heterocycles. The van der Waals surface area contributed by atoms with Crippen LogP contribution in [-0.2, 0) is 99.9 Å². The van der Waals surface area contributed by atoms with E-state index in [-0.39, 0.29) is 25.3 Å². The Kier molecular flexibility index (Phi) is 18.2. The first-order chi connectivity index (χ1) is 28.8. The predicted molar refractivity (Wildman–Crippen MR) is 205 cm³/mol. The fourth-order valence-corrected chi connectivity index (χ4v) is 7.48. The van der Waals surface area contributed by atoms with Crippen molar-refractivity contribution < 1.29 is 99.9 Å². The van der Waals surface area contributed by atoms with Gasteiger partial charge in [0.25, 0.3) is 0 Å². The Morgan fingerprint density at radius 2 is 0.871 bits per heavy atom. The second-order valence-corrected chi connectivity index (χ2v) is 15.7. The van der Waals surface area contributed by atoms with Crippen molar-refractivity contribution in [1.29, 1.82) is 0 Å². The number of ether oxygens (including phenoxy) is 13. The van der Waals surface area contributed by atoms with Crippen LogP contribution in [0.3, 0.4) is 0 Å². The third kappa shape index (κ3) is 14.1. The summed E-state index contributed by atoms with van der Waals surface area (Å²) in [6.45, 7) is 14.6. The van der Waals surface area contributed by atoms with Crippen molar-refractivity contribution in [2.75, 3.05) is 19.8 Å². The van der Waals surface area contributed by atoms with Crippen LogP contribution >= 0.6 is 0 Å². The van der Waals surface area contributed by atoms with Crippen LogP contribution in [0.15, 0.2) is 11.8 Å². The molecule has 3 aliphatic rings.